The Hall–Kier alpha value is -1.30. The lowest BCUT2D eigenvalue weighted by Crippen LogP contribution is -2.47. The van der Waals surface area contributed by atoms with Gasteiger partial charge in [-0.1, -0.05) is 53.0 Å². The predicted octanol–water partition coefficient (Wildman–Crippen LogP) is 4.21. The van der Waals surface area contributed by atoms with Gasteiger partial charge in [0, 0.05) is 31.2 Å². The van der Waals surface area contributed by atoms with E-state index in [0.717, 1.165) is 30.8 Å². The molecule has 0 bridgehead atoms. The number of rotatable bonds is 6. The molecule has 1 aliphatic heterocycles. The summed E-state index contributed by atoms with van der Waals surface area (Å²) in [7, 11) is 0. The molecular formula is C20H21Cl3N2O2. The molecule has 0 aromatic heterocycles. The number of hydrogen-bond acceptors (Lipinski definition) is 3. The normalized spacial score (nSPS) is 17.7. The van der Waals surface area contributed by atoms with Crippen LogP contribution in [0.3, 0.4) is 0 Å². The zero-order chi connectivity index (χ0) is 19.2. The molecule has 1 heterocycles. The van der Waals surface area contributed by atoms with Crippen molar-refractivity contribution in [3.63, 3.8) is 0 Å². The molecule has 27 heavy (non-hydrogen) atoms. The van der Waals surface area contributed by atoms with Gasteiger partial charge in [0.25, 0.3) is 0 Å². The molecule has 4 nitrogen and oxygen atoms in total. The lowest BCUT2D eigenvalue weighted by Gasteiger charge is -2.33. The van der Waals surface area contributed by atoms with Gasteiger partial charge in [-0.3, -0.25) is 9.69 Å². The molecule has 1 unspecified atom stereocenters. The molecule has 3 rings (SSSR count). The minimum absolute atomic E-state index is 0.0372. The van der Waals surface area contributed by atoms with Crippen LogP contribution in [0.2, 0.25) is 15.1 Å². The molecule has 144 valence electrons. The SMILES string of the molecule is O=C(Cc1cccc(Cl)c1)NCC1CN(Cc2ccc(Cl)c(Cl)c2)CCO1. The Labute approximate surface area is 174 Å². The van der Waals surface area contributed by atoms with Crippen molar-refractivity contribution in [1.82, 2.24) is 10.2 Å². The van der Waals surface area contributed by atoms with Gasteiger partial charge >= 0.3 is 0 Å². The number of amides is 1. The summed E-state index contributed by atoms with van der Waals surface area (Å²) in [6.45, 7) is 3.48. The minimum atomic E-state index is -0.0394. The molecule has 7 heteroatoms. The summed E-state index contributed by atoms with van der Waals surface area (Å²) in [4.78, 5) is 14.4. The Morgan fingerprint density at radius 1 is 1.11 bits per heavy atom. The Bertz CT molecular complexity index is 801. The second-order valence-corrected chi connectivity index (χ2v) is 7.84. The second-order valence-electron chi connectivity index (χ2n) is 6.59. The van der Waals surface area contributed by atoms with E-state index in [2.05, 4.69) is 10.2 Å². The lowest BCUT2D eigenvalue weighted by atomic mass is 10.1. The molecule has 2 aromatic rings. The van der Waals surface area contributed by atoms with Crippen molar-refractivity contribution < 1.29 is 9.53 Å². The quantitative estimate of drug-likeness (QED) is 0.751. The molecule has 0 saturated carbocycles. The zero-order valence-corrected chi connectivity index (χ0v) is 17.0. The van der Waals surface area contributed by atoms with Crippen LogP contribution in [0.5, 0.6) is 0 Å². The zero-order valence-electron chi connectivity index (χ0n) is 14.8. The molecule has 1 aliphatic rings. The summed E-state index contributed by atoms with van der Waals surface area (Å²) in [5.41, 5.74) is 2.00. The third kappa shape index (κ3) is 6.37. The van der Waals surface area contributed by atoms with Crippen LogP contribution in [0.15, 0.2) is 42.5 Å². The third-order valence-corrected chi connectivity index (χ3v) is 5.37. The number of hydrogen-bond donors (Lipinski definition) is 1. The average Bonchev–Trinajstić information content (AvgIpc) is 2.63. The summed E-state index contributed by atoms with van der Waals surface area (Å²) < 4.78 is 5.78. The van der Waals surface area contributed by atoms with Crippen LogP contribution < -0.4 is 5.32 Å². The van der Waals surface area contributed by atoms with E-state index < -0.39 is 0 Å². The Morgan fingerprint density at radius 3 is 2.74 bits per heavy atom. The largest absolute Gasteiger partial charge is 0.374 e. The minimum Gasteiger partial charge on any atom is -0.374 e. The van der Waals surface area contributed by atoms with Crippen molar-refractivity contribution >= 4 is 40.7 Å². The fraction of sp³-hybridized carbons (Fsp3) is 0.350. The van der Waals surface area contributed by atoms with Crippen molar-refractivity contribution in [2.75, 3.05) is 26.2 Å². The van der Waals surface area contributed by atoms with Gasteiger partial charge in [-0.25, -0.2) is 0 Å². The van der Waals surface area contributed by atoms with Gasteiger partial charge in [-0.05, 0) is 35.4 Å². The summed E-state index contributed by atoms with van der Waals surface area (Å²) in [5, 5.41) is 4.70. The molecule has 1 N–H and O–H groups in total. The van der Waals surface area contributed by atoms with Crippen molar-refractivity contribution in [1.29, 1.82) is 0 Å². The van der Waals surface area contributed by atoms with E-state index in [0.29, 0.717) is 34.6 Å². The summed E-state index contributed by atoms with van der Waals surface area (Å²) in [5.74, 6) is -0.0394. The van der Waals surface area contributed by atoms with Gasteiger partial charge < -0.3 is 10.1 Å². The predicted molar refractivity (Wildman–Crippen MR) is 110 cm³/mol. The fourth-order valence-corrected chi connectivity index (χ4v) is 3.60. The standard InChI is InChI=1S/C20H21Cl3N2O2/c21-16-3-1-2-14(8-16)10-20(26)24-11-17-13-25(6-7-27-17)12-15-4-5-18(22)19(23)9-15/h1-5,8-9,17H,6-7,10-13H2,(H,24,26). The highest BCUT2D eigenvalue weighted by Crippen LogP contribution is 2.23. The van der Waals surface area contributed by atoms with Crippen LogP contribution in [-0.4, -0.2) is 43.2 Å². The first-order valence-corrected chi connectivity index (χ1v) is 9.92. The number of nitrogens with one attached hydrogen (secondary N) is 1. The van der Waals surface area contributed by atoms with Gasteiger partial charge in [0.1, 0.15) is 0 Å². The lowest BCUT2D eigenvalue weighted by molar-refractivity contribution is -0.121. The topological polar surface area (TPSA) is 41.6 Å². The van der Waals surface area contributed by atoms with Crippen LogP contribution in [0.4, 0.5) is 0 Å². The maximum absolute atomic E-state index is 12.2. The maximum atomic E-state index is 12.2. The van der Waals surface area contributed by atoms with E-state index >= 15 is 0 Å². The molecule has 0 spiro atoms. The van der Waals surface area contributed by atoms with Gasteiger partial charge in [0.2, 0.25) is 5.91 Å². The summed E-state index contributed by atoms with van der Waals surface area (Å²) in [6.07, 6.45) is 0.269. The van der Waals surface area contributed by atoms with Crippen molar-refractivity contribution in [2.24, 2.45) is 0 Å². The Morgan fingerprint density at radius 2 is 1.96 bits per heavy atom. The van der Waals surface area contributed by atoms with Gasteiger partial charge in [0.05, 0.1) is 29.2 Å². The van der Waals surface area contributed by atoms with Gasteiger partial charge in [-0.2, -0.15) is 0 Å². The van der Waals surface area contributed by atoms with E-state index in [1.165, 1.54) is 0 Å². The van der Waals surface area contributed by atoms with E-state index in [1.54, 1.807) is 12.1 Å². The van der Waals surface area contributed by atoms with Gasteiger partial charge in [0.15, 0.2) is 0 Å². The number of carbonyl (C=O) groups excluding carboxylic acids is 1. The maximum Gasteiger partial charge on any atom is 0.224 e. The van der Waals surface area contributed by atoms with E-state index in [-0.39, 0.29) is 12.0 Å². The third-order valence-electron chi connectivity index (χ3n) is 4.39. The Balaban J connectivity index is 1.46. The monoisotopic (exact) mass is 426 g/mol. The van der Waals surface area contributed by atoms with Crippen LogP contribution in [-0.2, 0) is 22.5 Å². The molecule has 1 fully saturated rings. The molecule has 1 atom stereocenters. The molecule has 0 aliphatic carbocycles. The number of benzene rings is 2. The van der Waals surface area contributed by atoms with Gasteiger partial charge in [-0.15, -0.1) is 0 Å². The van der Waals surface area contributed by atoms with Crippen LogP contribution in [0.25, 0.3) is 0 Å². The molecule has 2 aromatic carbocycles. The van der Waals surface area contributed by atoms with Crippen LogP contribution >= 0.6 is 34.8 Å². The van der Waals surface area contributed by atoms with Crippen LogP contribution in [0, 0.1) is 0 Å². The van der Waals surface area contributed by atoms with E-state index in [1.807, 2.05) is 30.3 Å². The van der Waals surface area contributed by atoms with E-state index in [9.17, 15) is 4.79 Å². The first-order chi connectivity index (χ1) is 13.0. The Kier molecular flexibility index (Phi) is 7.39. The van der Waals surface area contributed by atoms with E-state index in [4.69, 9.17) is 39.5 Å². The number of ether oxygens (including phenoxy) is 1. The smallest absolute Gasteiger partial charge is 0.224 e. The fourth-order valence-electron chi connectivity index (χ4n) is 3.07. The second kappa shape index (κ2) is 9.76. The number of nitrogens with zero attached hydrogens (tertiary/aromatic N) is 1. The van der Waals surface area contributed by atoms with Crippen molar-refractivity contribution in [2.45, 2.75) is 19.1 Å². The van der Waals surface area contributed by atoms with Crippen molar-refractivity contribution in [3.8, 4) is 0 Å². The first-order valence-electron chi connectivity index (χ1n) is 8.78. The number of carbonyl (C=O) groups is 1. The summed E-state index contributed by atoms with van der Waals surface area (Å²) in [6, 6.07) is 13.0. The molecule has 1 saturated heterocycles. The number of halogens is 3. The average molecular weight is 428 g/mol. The first kappa shape index (κ1) is 20.4. The molecule has 0 radical (unpaired) electrons. The highest BCUT2D eigenvalue weighted by atomic mass is 35.5. The van der Waals surface area contributed by atoms with Crippen LogP contribution in [0.1, 0.15) is 11.1 Å². The highest BCUT2D eigenvalue weighted by molar-refractivity contribution is 6.42. The number of morpholine rings is 1. The molecular weight excluding hydrogens is 407 g/mol. The highest BCUT2D eigenvalue weighted by Gasteiger charge is 2.21. The summed E-state index contributed by atoms with van der Waals surface area (Å²) >= 11 is 18.0. The molecule has 1 amide bonds. The van der Waals surface area contributed by atoms with Crippen molar-refractivity contribution in [3.05, 3.63) is 68.7 Å².